The SMILES string of the molecule is COc1cccc(Nc2c(C(N)=O)cnc3c(C)cc(S(=O)(=O)c4cccc(C(=O)N5CCC(NC[C@H](O)c6ccc(O)c(CO[Si](C)(C)C(C)(C)C)c6)CC5)c4)cc23)c1. The molecular weight excluding hydrogens is 799 g/mol. The average Bonchev–Trinajstić information content (AvgIpc) is 3.22. The van der Waals surface area contributed by atoms with Gasteiger partial charge < -0.3 is 40.6 Å². The van der Waals surface area contributed by atoms with E-state index < -0.39 is 30.2 Å². The molecule has 6 N–H and O–H groups in total. The number of piperidine rings is 1. The minimum atomic E-state index is -4.16. The number of nitrogens with one attached hydrogen (secondary N) is 2. The highest BCUT2D eigenvalue weighted by Gasteiger charge is 2.37. The number of carbonyl (C=O) groups excluding carboxylic acids is 2. The largest absolute Gasteiger partial charge is 0.508 e. The Hall–Kier alpha value is -5.32. The lowest BCUT2D eigenvalue weighted by Crippen LogP contribution is -2.45. The lowest BCUT2D eigenvalue weighted by molar-refractivity contribution is 0.0697. The summed E-state index contributed by atoms with van der Waals surface area (Å²) in [4.78, 5) is 32.4. The zero-order chi connectivity index (χ0) is 43.6. The van der Waals surface area contributed by atoms with Crippen molar-refractivity contribution in [2.75, 3.05) is 32.1 Å². The number of carbonyl (C=O) groups is 2. The number of nitrogens with two attached hydrogens (primary N) is 1. The van der Waals surface area contributed by atoms with Crippen LogP contribution < -0.4 is 21.1 Å². The standard InChI is InChI=1S/C45H55N5O8SSi/c1-28-20-36(24-37-41(28)48-25-38(43(46)53)42(37)49-33-11-9-12-34(23-33)57-5)59(55,56)35-13-8-10-30(22-35)44(54)50-18-16-32(17-19-50)47-26-40(52)29-14-15-39(51)31(21-29)27-58-60(6,7)45(2,3)4/h8-15,20-25,32,40,47,51-52H,16-19,26-27H2,1-7H3,(H2,46,53)(H,48,49)/t40-/m0/s1. The molecule has 0 aliphatic carbocycles. The van der Waals surface area contributed by atoms with Gasteiger partial charge in [0.1, 0.15) is 11.5 Å². The van der Waals surface area contributed by atoms with E-state index >= 15 is 0 Å². The lowest BCUT2D eigenvalue weighted by atomic mass is 10.0. The van der Waals surface area contributed by atoms with Crippen LogP contribution in [0.3, 0.4) is 0 Å². The third kappa shape index (κ3) is 9.66. The number of phenols is 1. The normalized spacial score (nSPS) is 14.6. The maximum Gasteiger partial charge on any atom is 0.253 e. The fraction of sp³-hybridized carbons (Fsp3) is 0.356. The number of rotatable bonds is 14. The molecule has 5 aromatic rings. The molecule has 0 bridgehead atoms. The van der Waals surface area contributed by atoms with Crippen LogP contribution in [0.25, 0.3) is 10.9 Å². The zero-order valence-corrected chi connectivity index (χ0v) is 37.0. The Morgan fingerprint density at radius 3 is 2.40 bits per heavy atom. The molecule has 1 fully saturated rings. The first-order valence-electron chi connectivity index (χ1n) is 19.9. The monoisotopic (exact) mass is 853 g/mol. The van der Waals surface area contributed by atoms with Gasteiger partial charge in [0, 0.05) is 60.1 Å². The number of aliphatic hydroxyl groups excluding tert-OH is 1. The van der Waals surface area contributed by atoms with Gasteiger partial charge in [-0.1, -0.05) is 39.0 Å². The van der Waals surface area contributed by atoms with E-state index in [1.165, 1.54) is 37.6 Å². The average molecular weight is 854 g/mol. The molecule has 1 aromatic heterocycles. The number of phenolic OH excluding ortho intramolecular Hbond substituents is 1. The number of aromatic nitrogens is 1. The number of sulfone groups is 1. The van der Waals surface area contributed by atoms with Crippen molar-refractivity contribution in [3.05, 3.63) is 113 Å². The van der Waals surface area contributed by atoms with E-state index in [-0.39, 0.29) is 50.3 Å². The van der Waals surface area contributed by atoms with Crippen LogP contribution in [0.15, 0.2) is 94.9 Å². The molecule has 0 saturated carbocycles. The lowest BCUT2D eigenvalue weighted by Gasteiger charge is -2.36. The highest BCUT2D eigenvalue weighted by Crippen LogP contribution is 2.38. The molecule has 2 amide bonds. The molecule has 15 heteroatoms. The number of hydrogen-bond donors (Lipinski definition) is 5. The number of pyridine rings is 1. The Morgan fingerprint density at radius 2 is 1.72 bits per heavy atom. The summed E-state index contributed by atoms with van der Waals surface area (Å²) in [6.07, 6.45) is 1.83. The number of likely N-dealkylation sites (tertiary alicyclic amines) is 1. The number of benzene rings is 4. The maximum atomic E-state index is 14.2. The van der Waals surface area contributed by atoms with Crippen LogP contribution in [0, 0.1) is 6.92 Å². The van der Waals surface area contributed by atoms with E-state index in [1.54, 1.807) is 66.4 Å². The first-order chi connectivity index (χ1) is 28.3. The first kappa shape index (κ1) is 44.2. The molecule has 60 heavy (non-hydrogen) atoms. The smallest absolute Gasteiger partial charge is 0.253 e. The molecule has 13 nitrogen and oxygen atoms in total. The second-order valence-electron chi connectivity index (χ2n) is 16.9. The molecule has 1 saturated heterocycles. The van der Waals surface area contributed by atoms with Crippen LogP contribution in [-0.2, 0) is 20.9 Å². The van der Waals surface area contributed by atoms with E-state index in [0.29, 0.717) is 77.2 Å². The number of amides is 2. The van der Waals surface area contributed by atoms with Crippen molar-refractivity contribution in [2.24, 2.45) is 5.73 Å². The summed E-state index contributed by atoms with van der Waals surface area (Å²) >= 11 is 0. The molecule has 0 spiro atoms. The molecule has 6 rings (SSSR count). The van der Waals surface area contributed by atoms with Gasteiger partial charge >= 0.3 is 0 Å². The summed E-state index contributed by atoms with van der Waals surface area (Å²) in [6.45, 7) is 14.0. The van der Waals surface area contributed by atoms with Gasteiger partial charge in [-0.25, -0.2) is 8.42 Å². The summed E-state index contributed by atoms with van der Waals surface area (Å²) in [5.74, 6) is -0.312. The van der Waals surface area contributed by atoms with Gasteiger partial charge in [0.25, 0.3) is 11.8 Å². The van der Waals surface area contributed by atoms with Crippen molar-refractivity contribution in [1.29, 1.82) is 0 Å². The predicted octanol–water partition coefficient (Wildman–Crippen LogP) is 7.38. The zero-order valence-electron chi connectivity index (χ0n) is 35.2. The van der Waals surface area contributed by atoms with Crippen LogP contribution in [0.1, 0.15) is 77.1 Å². The minimum absolute atomic E-state index is 0.0227. The van der Waals surface area contributed by atoms with Crippen molar-refractivity contribution in [3.8, 4) is 11.5 Å². The predicted molar refractivity (Wildman–Crippen MR) is 235 cm³/mol. The van der Waals surface area contributed by atoms with Gasteiger partial charge in [-0.2, -0.15) is 0 Å². The van der Waals surface area contributed by atoms with E-state index in [1.807, 2.05) is 0 Å². The van der Waals surface area contributed by atoms with Gasteiger partial charge in [0.15, 0.2) is 8.32 Å². The third-order valence-electron chi connectivity index (χ3n) is 11.7. The van der Waals surface area contributed by atoms with Gasteiger partial charge in [-0.15, -0.1) is 0 Å². The molecule has 1 aliphatic rings. The Kier molecular flexibility index (Phi) is 13.1. The minimum Gasteiger partial charge on any atom is -0.508 e. The Bertz CT molecular complexity index is 2520. The summed E-state index contributed by atoms with van der Waals surface area (Å²) in [6, 6.07) is 21.2. The second-order valence-corrected chi connectivity index (χ2v) is 23.6. The van der Waals surface area contributed by atoms with Crippen LogP contribution in [-0.4, -0.2) is 81.4 Å². The van der Waals surface area contributed by atoms with Gasteiger partial charge in [-0.3, -0.25) is 14.6 Å². The molecule has 1 aliphatic heterocycles. The summed E-state index contributed by atoms with van der Waals surface area (Å²) in [5.41, 5.74) is 9.31. The van der Waals surface area contributed by atoms with Crippen molar-refractivity contribution in [2.45, 2.75) is 87.2 Å². The molecule has 4 aromatic carbocycles. The third-order valence-corrected chi connectivity index (χ3v) is 17.9. The van der Waals surface area contributed by atoms with E-state index in [9.17, 15) is 28.2 Å². The number of ether oxygens (including phenoxy) is 1. The number of aryl methyl sites for hydroxylation is 1. The molecule has 2 heterocycles. The Morgan fingerprint density at radius 1 is 1.00 bits per heavy atom. The van der Waals surface area contributed by atoms with Crippen molar-refractivity contribution in [3.63, 3.8) is 0 Å². The molecule has 318 valence electrons. The van der Waals surface area contributed by atoms with Gasteiger partial charge in [0.05, 0.1) is 46.4 Å². The second kappa shape index (κ2) is 17.7. The summed E-state index contributed by atoms with van der Waals surface area (Å²) < 4.78 is 40.2. The number of hydrogen-bond acceptors (Lipinski definition) is 11. The van der Waals surface area contributed by atoms with Crippen molar-refractivity contribution in [1.82, 2.24) is 15.2 Å². The number of nitrogens with zero attached hydrogens (tertiary/aromatic N) is 2. The molecule has 1 atom stereocenters. The van der Waals surface area contributed by atoms with E-state index in [2.05, 4.69) is 49.5 Å². The topological polar surface area (TPSA) is 193 Å². The Labute approximate surface area is 353 Å². The number of aliphatic hydroxyl groups is 1. The highest BCUT2D eigenvalue weighted by molar-refractivity contribution is 7.91. The van der Waals surface area contributed by atoms with E-state index in [0.717, 1.165) is 0 Å². The molecule has 0 radical (unpaired) electrons. The van der Waals surface area contributed by atoms with Crippen molar-refractivity contribution < 1.29 is 37.4 Å². The van der Waals surface area contributed by atoms with Crippen LogP contribution in [0.2, 0.25) is 18.1 Å². The van der Waals surface area contributed by atoms with Gasteiger partial charge in [-0.05, 0) is 104 Å². The number of methoxy groups -OCH3 is 1. The first-order valence-corrected chi connectivity index (χ1v) is 24.3. The van der Waals surface area contributed by atoms with E-state index in [4.69, 9.17) is 14.9 Å². The molecule has 0 unspecified atom stereocenters. The fourth-order valence-electron chi connectivity index (χ4n) is 6.97. The number of fused-ring (bicyclic) bond motifs is 1. The Balaban J connectivity index is 1.13. The summed E-state index contributed by atoms with van der Waals surface area (Å²) in [7, 11) is -4.66. The van der Waals surface area contributed by atoms with Crippen LogP contribution in [0.5, 0.6) is 11.5 Å². The van der Waals surface area contributed by atoms with Crippen LogP contribution in [0.4, 0.5) is 11.4 Å². The van der Waals surface area contributed by atoms with Crippen LogP contribution >= 0.6 is 0 Å². The van der Waals surface area contributed by atoms with Gasteiger partial charge in [0.2, 0.25) is 9.84 Å². The highest BCUT2D eigenvalue weighted by atomic mass is 32.2. The molecular formula is C45H55N5O8SSi. The number of anilines is 2. The van der Waals surface area contributed by atoms with Crippen molar-refractivity contribution >= 4 is 52.2 Å². The summed E-state index contributed by atoms with van der Waals surface area (Å²) in [5, 5.41) is 28.6. The quantitative estimate of drug-likeness (QED) is 0.0700. The number of aromatic hydroxyl groups is 1. The fourth-order valence-corrected chi connectivity index (χ4v) is 9.34. The number of primary amides is 1. The maximum absolute atomic E-state index is 14.2.